The Labute approximate surface area is 140 Å². The van der Waals surface area contributed by atoms with Gasteiger partial charge < -0.3 is 10.4 Å². The minimum atomic E-state index is -3.74. The molecule has 0 aromatic heterocycles. The van der Waals surface area contributed by atoms with Crippen LogP contribution in [0.15, 0.2) is 47.4 Å². The van der Waals surface area contributed by atoms with Gasteiger partial charge in [-0.3, -0.25) is 10.1 Å². The Balaban J connectivity index is 2.31. The van der Waals surface area contributed by atoms with Crippen LogP contribution in [0.2, 0.25) is 0 Å². The highest BCUT2D eigenvalue weighted by Crippen LogP contribution is 2.32. The van der Waals surface area contributed by atoms with Crippen molar-refractivity contribution in [3.63, 3.8) is 0 Å². The fourth-order valence-corrected chi connectivity index (χ4v) is 3.29. The molecule has 2 aromatic rings. The number of para-hydroxylation sites is 1. The Morgan fingerprint density at radius 1 is 1.21 bits per heavy atom. The molecule has 0 aliphatic rings. The quantitative estimate of drug-likeness (QED) is 0.612. The second kappa shape index (κ2) is 6.98. The second-order valence-electron chi connectivity index (χ2n) is 5.43. The van der Waals surface area contributed by atoms with Gasteiger partial charge in [-0.1, -0.05) is 30.3 Å². The number of aliphatic hydroxyl groups excluding tert-OH is 1. The molecule has 0 bridgehead atoms. The molecule has 0 fully saturated rings. The fraction of sp³-hybridized carbons (Fsp3) is 0.250. The van der Waals surface area contributed by atoms with E-state index in [1.165, 1.54) is 18.2 Å². The maximum atomic E-state index is 11.7. The van der Waals surface area contributed by atoms with Gasteiger partial charge in [-0.15, -0.1) is 0 Å². The molecule has 2 rings (SSSR count). The number of nitro benzene ring substituents is 1. The van der Waals surface area contributed by atoms with Crippen LogP contribution in [-0.4, -0.2) is 31.2 Å². The van der Waals surface area contributed by atoms with Gasteiger partial charge in [0.15, 0.2) is 9.84 Å². The molecule has 8 heteroatoms. The van der Waals surface area contributed by atoms with Crippen molar-refractivity contribution < 1.29 is 18.4 Å². The van der Waals surface area contributed by atoms with E-state index in [0.717, 1.165) is 11.8 Å². The first-order chi connectivity index (χ1) is 11.2. The van der Waals surface area contributed by atoms with Crippen LogP contribution in [0.4, 0.5) is 11.4 Å². The monoisotopic (exact) mass is 350 g/mol. The molecule has 2 N–H and O–H groups in total. The average molecular weight is 350 g/mol. The predicted molar refractivity (Wildman–Crippen MR) is 90.8 cm³/mol. The van der Waals surface area contributed by atoms with E-state index in [-0.39, 0.29) is 17.1 Å². The van der Waals surface area contributed by atoms with Crippen molar-refractivity contribution in [3.8, 4) is 0 Å². The molecule has 0 saturated heterocycles. The first kappa shape index (κ1) is 17.9. The van der Waals surface area contributed by atoms with Crippen LogP contribution in [-0.2, 0) is 9.84 Å². The lowest BCUT2D eigenvalue weighted by molar-refractivity contribution is -0.386. The van der Waals surface area contributed by atoms with Crippen LogP contribution in [0.5, 0.6) is 0 Å². The zero-order valence-electron chi connectivity index (χ0n) is 13.3. The summed E-state index contributed by atoms with van der Waals surface area (Å²) in [6.07, 6.45) is 0.0362. The molecule has 24 heavy (non-hydrogen) atoms. The van der Waals surface area contributed by atoms with Crippen molar-refractivity contribution in [2.45, 2.75) is 17.9 Å². The smallest absolute Gasteiger partial charge is 0.310 e. The number of rotatable bonds is 6. The van der Waals surface area contributed by atoms with Gasteiger partial charge in [0.1, 0.15) is 10.6 Å². The summed E-state index contributed by atoms with van der Waals surface area (Å²) in [5.41, 5.74) is 1.13. The zero-order chi connectivity index (χ0) is 17.9. The molecule has 1 unspecified atom stereocenters. The van der Waals surface area contributed by atoms with Gasteiger partial charge in [0.25, 0.3) is 0 Å². The summed E-state index contributed by atoms with van der Waals surface area (Å²) in [4.78, 5) is 10.2. The third kappa shape index (κ3) is 3.90. The van der Waals surface area contributed by atoms with E-state index in [4.69, 9.17) is 0 Å². The van der Waals surface area contributed by atoms with E-state index < -0.39 is 26.6 Å². The molecule has 0 radical (unpaired) electrons. The highest BCUT2D eigenvalue weighted by Gasteiger charge is 2.26. The molecular formula is C16H18N2O5S. The minimum Gasteiger partial charge on any atom is -0.387 e. The Morgan fingerprint density at radius 3 is 2.46 bits per heavy atom. The van der Waals surface area contributed by atoms with Crippen LogP contribution in [0.3, 0.4) is 0 Å². The molecule has 1 atom stereocenters. The van der Waals surface area contributed by atoms with Gasteiger partial charge in [0, 0.05) is 12.8 Å². The molecule has 0 aliphatic heterocycles. The molecule has 0 heterocycles. The Morgan fingerprint density at radius 2 is 1.88 bits per heavy atom. The average Bonchev–Trinajstić information content (AvgIpc) is 2.51. The standard InChI is InChI=1S/C16H18N2O5S/c1-11-6-3-4-7-12(11)14(19)10-17-13-8-5-9-15(24(2,22)23)16(13)18(20)21/h3-9,14,17,19H,10H2,1-2H3. The number of sulfone groups is 1. The summed E-state index contributed by atoms with van der Waals surface area (Å²) in [7, 11) is -3.74. The largest absolute Gasteiger partial charge is 0.387 e. The third-order valence-corrected chi connectivity index (χ3v) is 4.74. The molecule has 0 spiro atoms. The van der Waals surface area contributed by atoms with E-state index in [2.05, 4.69) is 5.32 Å². The normalized spacial score (nSPS) is 12.6. The first-order valence-electron chi connectivity index (χ1n) is 7.16. The van der Waals surface area contributed by atoms with Crippen LogP contribution in [0.25, 0.3) is 0 Å². The molecule has 128 valence electrons. The number of nitrogens with one attached hydrogen (secondary N) is 1. The van der Waals surface area contributed by atoms with Crippen LogP contribution in [0, 0.1) is 17.0 Å². The number of anilines is 1. The van der Waals surface area contributed by atoms with Gasteiger partial charge in [0.2, 0.25) is 0 Å². The third-order valence-electron chi connectivity index (χ3n) is 3.61. The lowest BCUT2D eigenvalue weighted by Gasteiger charge is -2.16. The van der Waals surface area contributed by atoms with E-state index in [1.54, 1.807) is 12.1 Å². The van der Waals surface area contributed by atoms with Crippen LogP contribution < -0.4 is 5.32 Å². The summed E-state index contributed by atoms with van der Waals surface area (Å²) >= 11 is 0. The van der Waals surface area contributed by atoms with Crippen molar-refractivity contribution >= 4 is 21.2 Å². The summed E-state index contributed by atoms with van der Waals surface area (Å²) in [6, 6.07) is 11.3. The van der Waals surface area contributed by atoms with E-state index >= 15 is 0 Å². The number of nitrogens with zero attached hydrogens (tertiary/aromatic N) is 1. The lowest BCUT2D eigenvalue weighted by Crippen LogP contribution is -2.15. The zero-order valence-corrected chi connectivity index (χ0v) is 14.1. The minimum absolute atomic E-state index is 0.0128. The second-order valence-corrected chi connectivity index (χ2v) is 7.42. The molecule has 0 saturated carbocycles. The lowest BCUT2D eigenvalue weighted by atomic mass is 10.0. The summed E-state index contributed by atoms with van der Waals surface area (Å²) in [5, 5.41) is 24.3. The van der Waals surface area contributed by atoms with Crippen LogP contribution in [0.1, 0.15) is 17.2 Å². The Bertz CT molecular complexity index is 865. The van der Waals surface area contributed by atoms with Crippen molar-refractivity contribution in [2.24, 2.45) is 0 Å². The Kier molecular flexibility index (Phi) is 5.20. The number of benzene rings is 2. The van der Waals surface area contributed by atoms with Gasteiger partial charge in [-0.2, -0.15) is 0 Å². The maximum Gasteiger partial charge on any atom is 0.310 e. The summed E-state index contributed by atoms with van der Waals surface area (Å²) < 4.78 is 23.5. The number of hydrogen-bond donors (Lipinski definition) is 2. The van der Waals surface area contributed by atoms with E-state index in [1.807, 2.05) is 19.1 Å². The van der Waals surface area contributed by atoms with E-state index in [9.17, 15) is 23.6 Å². The molecule has 0 aliphatic carbocycles. The van der Waals surface area contributed by atoms with Gasteiger partial charge in [-0.25, -0.2) is 8.42 Å². The topological polar surface area (TPSA) is 110 Å². The first-order valence-corrected chi connectivity index (χ1v) is 9.06. The maximum absolute atomic E-state index is 11.7. The number of aryl methyl sites for hydroxylation is 1. The molecule has 0 amide bonds. The summed E-state index contributed by atoms with van der Waals surface area (Å²) in [5.74, 6) is 0. The van der Waals surface area contributed by atoms with Gasteiger partial charge in [0.05, 0.1) is 11.0 Å². The van der Waals surface area contributed by atoms with Crippen molar-refractivity contribution in [2.75, 3.05) is 18.1 Å². The summed E-state index contributed by atoms with van der Waals surface area (Å²) in [6.45, 7) is 1.87. The van der Waals surface area contributed by atoms with Crippen molar-refractivity contribution in [1.29, 1.82) is 0 Å². The van der Waals surface area contributed by atoms with Crippen LogP contribution >= 0.6 is 0 Å². The molecule has 2 aromatic carbocycles. The van der Waals surface area contributed by atoms with Gasteiger partial charge >= 0.3 is 5.69 Å². The van der Waals surface area contributed by atoms with Crippen molar-refractivity contribution in [3.05, 3.63) is 63.7 Å². The number of aliphatic hydroxyl groups is 1. The van der Waals surface area contributed by atoms with E-state index in [0.29, 0.717) is 5.56 Å². The highest BCUT2D eigenvalue weighted by atomic mass is 32.2. The predicted octanol–water partition coefficient (Wildman–Crippen LogP) is 2.45. The highest BCUT2D eigenvalue weighted by molar-refractivity contribution is 7.90. The van der Waals surface area contributed by atoms with Crippen molar-refractivity contribution in [1.82, 2.24) is 0 Å². The fourth-order valence-electron chi connectivity index (χ4n) is 2.43. The molecule has 7 nitrogen and oxygen atoms in total. The Hall–Kier alpha value is -2.45. The molecular weight excluding hydrogens is 332 g/mol. The number of hydrogen-bond acceptors (Lipinski definition) is 6. The van der Waals surface area contributed by atoms with Gasteiger partial charge in [-0.05, 0) is 30.2 Å². The SMILES string of the molecule is Cc1ccccc1C(O)CNc1cccc(S(C)(=O)=O)c1[N+](=O)[O-]. The number of nitro groups is 1.